The second-order valence-electron chi connectivity index (χ2n) is 3.59. The Balaban J connectivity index is 2.07. The largest absolute Gasteiger partial charge is 0.488 e. The molecule has 3 rings (SSSR count). The molecule has 0 aliphatic carbocycles. The van der Waals surface area contributed by atoms with Gasteiger partial charge in [-0.05, 0) is 12.1 Å². The Kier molecular flexibility index (Phi) is 1.93. The molecule has 80 valence electrons. The van der Waals surface area contributed by atoms with Gasteiger partial charge in [-0.2, -0.15) is 4.73 Å². The molecule has 0 amide bonds. The van der Waals surface area contributed by atoms with Crippen molar-refractivity contribution in [3.63, 3.8) is 0 Å². The monoisotopic (exact) mass is 214 g/mol. The van der Waals surface area contributed by atoms with Crippen LogP contribution in [0.4, 0.5) is 0 Å². The van der Waals surface area contributed by atoms with Gasteiger partial charge in [0.15, 0.2) is 5.82 Å². The van der Waals surface area contributed by atoms with Crippen molar-refractivity contribution >= 4 is 11.6 Å². The molecule has 0 saturated heterocycles. The lowest BCUT2D eigenvalue weighted by molar-refractivity contribution is 0.182. The van der Waals surface area contributed by atoms with Crippen LogP contribution in [0.1, 0.15) is 11.4 Å². The maximum atomic E-state index is 9.51. The van der Waals surface area contributed by atoms with Gasteiger partial charge in [0.25, 0.3) is 0 Å². The zero-order valence-electron chi connectivity index (χ0n) is 8.50. The van der Waals surface area contributed by atoms with Crippen molar-refractivity contribution in [2.45, 2.75) is 0 Å². The average Bonchev–Trinajstić information content (AvgIpc) is 2.75. The summed E-state index contributed by atoms with van der Waals surface area (Å²) in [4.78, 5) is 4.08. The maximum absolute atomic E-state index is 9.51. The minimum atomic E-state index is 0.425. The molecule has 1 N–H and O–H groups in total. The summed E-state index contributed by atoms with van der Waals surface area (Å²) in [5.41, 5.74) is 1.87. The summed E-state index contributed by atoms with van der Waals surface area (Å²) in [6.45, 7) is 0.425. The topological polar surface area (TPSA) is 47.3 Å². The van der Waals surface area contributed by atoms with Gasteiger partial charge in [-0.1, -0.05) is 18.2 Å². The van der Waals surface area contributed by atoms with Crippen molar-refractivity contribution in [3.8, 4) is 5.75 Å². The maximum Gasteiger partial charge on any atom is 0.174 e. The zero-order valence-corrected chi connectivity index (χ0v) is 8.50. The Morgan fingerprint density at radius 3 is 3.00 bits per heavy atom. The third-order valence-electron chi connectivity index (χ3n) is 2.54. The summed E-state index contributed by atoms with van der Waals surface area (Å²) in [5.74, 6) is 1.39. The van der Waals surface area contributed by atoms with E-state index in [1.807, 2.05) is 30.3 Å². The smallest absolute Gasteiger partial charge is 0.174 e. The lowest BCUT2D eigenvalue weighted by Crippen LogP contribution is -2.10. The molecular formula is C12H10N2O2. The van der Waals surface area contributed by atoms with E-state index in [2.05, 4.69) is 4.98 Å². The summed E-state index contributed by atoms with van der Waals surface area (Å²) < 4.78 is 6.59. The first-order valence-corrected chi connectivity index (χ1v) is 5.00. The van der Waals surface area contributed by atoms with Crippen LogP contribution in [0.2, 0.25) is 0 Å². The summed E-state index contributed by atoms with van der Waals surface area (Å²) >= 11 is 0. The third kappa shape index (κ3) is 1.35. The number of para-hydroxylation sites is 1. The molecule has 16 heavy (non-hydrogen) atoms. The minimum absolute atomic E-state index is 0.425. The van der Waals surface area contributed by atoms with Crippen LogP contribution in [0.15, 0.2) is 36.7 Å². The molecule has 4 nitrogen and oxygen atoms in total. The number of ether oxygens (including phenoxy) is 1. The van der Waals surface area contributed by atoms with Crippen LogP contribution >= 0.6 is 0 Å². The normalized spacial score (nSPS) is 13.9. The fourth-order valence-corrected chi connectivity index (χ4v) is 1.77. The number of rotatable bonds is 1. The molecule has 1 aliphatic rings. The molecule has 0 saturated carbocycles. The second-order valence-corrected chi connectivity index (χ2v) is 3.59. The van der Waals surface area contributed by atoms with Crippen LogP contribution in [-0.4, -0.2) is 21.5 Å². The highest BCUT2D eigenvalue weighted by atomic mass is 16.5. The standard InChI is InChI=1S/C12H10N2O2/c15-14-6-5-13-12(14)10-7-9-3-1-2-4-11(9)16-8-10/h1-7,15H,8H2. The molecule has 2 heterocycles. The Morgan fingerprint density at radius 1 is 1.31 bits per heavy atom. The van der Waals surface area contributed by atoms with Gasteiger partial charge >= 0.3 is 0 Å². The van der Waals surface area contributed by atoms with E-state index < -0.39 is 0 Å². The predicted molar refractivity (Wildman–Crippen MR) is 59.2 cm³/mol. The van der Waals surface area contributed by atoms with Crippen molar-refractivity contribution < 1.29 is 9.94 Å². The zero-order chi connectivity index (χ0) is 11.0. The Labute approximate surface area is 92.4 Å². The number of imidazole rings is 1. The van der Waals surface area contributed by atoms with Crippen molar-refractivity contribution in [2.75, 3.05) is 6.61 Å². The van der Waals surface area contributed by atoms with Crippen LogP contribution in [0, 0.1) is 0 Å². The van der Waals surface area contributed by atoms with E-state index in [0.717, 1.165) is 21.6 Å². The highest BCUT2D eigenvalue weighted by molar-refractivity contribution is 5.83. The van der Waals surface area contributed by atoms with Gasteiger partial charge in [0.05, 0.1) is 6.20 Å². The first kappa shape index (κ1) is 9.03. The number of fused-ring (bicyclic) bond motifs is 1. The van der Waals surface area contributed by atoms with Gasteiger partial charge in [0.2, 0.25) is 0 Å². The third-order valence-corrected chi connectivity index (χ3v) is 2.54. The van der Waals surface area contributed by atoms with Gasteiger partial charge < -0.3 is 9.94 Å². The lowest BCUT2D eigenvalue weighted by Gasteiger charge is -2.16. The van der Waals surface area contributed by atoms with Crippen LogP contribution in [0.25, 0.3) is 11.6 Å². The molecule has 0 bridgehead atoms. The van der Waals surface area contributed by atoms with E-state index in [4.69, 9.17) is 4.74 Å². The molecular weight excluding hydrogens is 204 g/mol. The molecule has 0 spiro atoms. The summed E-state index contributed by atoms with van der Waals surface area (Å²) in [5, 5.41) is 9.51. The first-order valence-electron chi connectivity index (χ1n) is 5.00. The second kappa shape index (κ2) is 3.41. The van der Waals surface area contributed by atoms with E-state index in [1.54, 1.807) is 6.20 Å². The Hall–Kier alpha value is -2.23. The molecule has 1 aromatic heterocycles. The fraction of sp³-hybridized carbons (Fsp3) is 0.0833. The van der Waals surface area contributed by atoms with E-state index in [9.17, 15) is 5.21 Å². The van der Waals surface area contributed by atoms with Crippen LogP contribution < -0.4 is 4.74 Å². The van der Waals surface area contributed by atoms with Gasteiger partial charge in [0, 0.05) is 17.3 Å². The molecule has 1 aliphatic heterocycles. The number of aromatic nitrogens is 2. The van der Waals surface area contributed by atoms with E-state index in [0.29, 0.717) is 12.4 Å². The summed E-state index contributed by atoms with van der Waals surface area (Å²) in [6.07, 6.45) is 5.03. The van der Waals surface area contributed by atoms with Crippen molar-refractivity contribution in [3.05, 3.63) is 48.0 Å². The summed E-state index contributed by atoms with van der Waals surface area (Å²) in [7, 11) is 0. The summed E-state index contributed by atoms with van der Waals surface area (Å²) in [6, 6.07) is 7.78. The highest BCUT2D eigenvalue weighted by Crippen LogP contribution is 2.29. The first-order chi connectivity index (χ1) is 7.84. The van der Waals surface area contributed by atoms with Crippen molar-refractivity contribution in [1.29, 1.82) is 0 Å². The number of nitrogens with zero attached hydrogens (tertiary/aromatic N) is 2. The van der Waals surface area contributed by atoms with Crippen LogP contribution in [-0.2, 0) is 0 Å². The molecule has 0 radical (unpaired) electrons. The number of hydrogen-bond donors (Lipinski definition) is 1. The van der Waals surface area contributed by atoms with Gasteiger partial charge in [-0.25, -0.2) is 4.98 Å². The van der Waals surface area contributed by atoms with E-state index in [-0.39, 0.29) is 0 Å². The molecule has 2 aromatic rings. The van der Waals surface area contributed by atoms with Gasteiger partial charge in [0.1, 0.15) is 12.4 Å². The molecule has 1 aromatic carbocycles. The van der Waals surface area contributed by atoms with Crippen molar-refractivity contribution in [1.82, 2.24) is 9.71 Å². The lowest BCUT2D eigenvalue weighted by atomic mass is 10.1. The highest BCUT2D eigenvalue weighted by Gasteiger charge is 2.15. The van der Waals surface area contributed by atoms with Crippen LogP contribution in [0.5, 0.6) is 5.75 Å². The predicted octanol–water partition coefficient (Wildman–Crippen LogP) is 2.05. The van der Waals surface area contributed by atoms with E-state index in [1.165, 1.54) is 6.20 Å². The van der Waals surface area contributed by atoms with Crippen molar-refractivity contribution in [2.24, 2.45) is 0 Å². The number of hydrogen-bond acceptors (Lipinski definition) is 3. The van der Waals surface area contributed by atoms with Gasteiger partial charge in [-0.3, -0.25) is 0 Å². The Bertz CT molecular complexity index is 558. The average molecular weight is 214 g/mol. The molecule has 4 heteroatoms. The minimum Gasteiger partial charge on any atom is -0.488 e. The van der Waals surface area contributed by atoms with Crippen LogP contribution in [0.3, 0.4) is 0 Å². The number of benzene rings is 1. The molecule has 0 fully saturated rings. The van der Waals surface area contributed by atoms with E-state index >= 15 is 0 Å². The fourth-order valence-electron chi connectivity index (χ4n) is 1.77. The quantitative estimate of drug-likeness (QED) is 0.739. The van der Waals surface area contributed by atoms with Gasteiger partial charge in [-0.15, -0.1) is 0 Å². The molecule has 0 atom stereocenters. The Morgan fingerprint density at radius 2 is 2.19 bits per heavy atom. The molecule has 0 unspecified atom stereocenters. The SMILES string of the molecule is On1ccnc1C1=Cc2ccccc2OC1.